The molecule has 1 fully saturated rings. The van der Waals surface area contributed by atoms with E-state index in [0.29, 0.717) is 31.4 Å². The van der Waals surface area contributed by atoms with Gasteiger partial charge in [0.15, 0.2) is 5.03 Å². The Balaban J connectivity index is 1.81. The molecule has 0 N–H and O–H groups in total. The lowest BCUT2D eigenvalue weighted by Crippen LogP contribution is -2.45. The third-order valence-electron chi connectivity index (χ3n) is 4.62. The van der Waals surface area contributed by atoms with Crippen molar-refractivity contribution in [1.82, 2.24) is 9.55 Å². The highest BCUT2D eigenvalue weighted by Crippen LogP contribution is 2.42. The van der Waals surface area contributed by atoms with Crippen molar-refractivity contribution in [3.8, 4) is 0 Å². The maximum atomic E-state index is 13.8. The van der Waals surface area contributed by atoms with Crippen LogP contribution in [0.5, 0.6) is 0 Å². The standard InChI is InChI=1S/C16H19FN4O2S/c1-2-19-11-18-10-16(19)24(22,23)21-8-7-20(13-4-5-13)14-6-3-12(17)9-15(14)21/h3,6,9-11,13H,2,4-5,7-8H2,1H3. The number of aromatic nitrogens is 2. The zero-order valence-corrected chi connectivity index (χ0v) is 14.2. The molecule has 1 aliphatic heterocycles. The molecule has 0 spiro atoms. The smallest absolute Gasteiger partial charge is 0.281 e. The summed E-state index contributed by atoms with van der Waals surface area (Å²) in [4.78, 5) is 6.15. The fraction of sp³-hybridized carbons (Fsp3) is 0.438. The second kappa shape index (κ2) is 5.47. The van der Waals surface area contributed by atoms with E-state index in [9.17, 15) is 12.8 Å². The molecule has 0 saturated heterocycles. The molecule has 4 rings (SSSR count). The maximum Gasteiger partial charge on any atom is 0.281 e. The summed E-state index contributed by atoms with van der Waals surface area (Å²) in [6.07, 6.45) is 5.06. The molecule has 2 aliphatic rings. The first kappa shape index (κ1) is 15.4. The second-order valence-corrected chi connectivity index (χ2v) is 7.96. The molecule has 6 nitrogen and oxygen atoms in total. The van der Waals surface area contributed by atoms with Crippen LogP contribution in [0.2, 0.25) is 0 Å². The molecular formula is C16H19FN4O2S. The highest BCUT2D eigenvalue weighted by atomic mass is 32.2. The lowest BCUT2D eigenvalue weighted by atomic mass is 10.2. The highest BCUT2D eigenvalue weighted by Gasteiger charge is 2.38. The van der Waals surface area contributed by atoms with E-state index in [1.54, 1.807) is 10.6 Å². The predicted molar refractivity (Wildman–Crippen MR) is 89.2 cm³/mol. The zero-order valence-electron chi connectivity index (χ0n) is 13.4. The number of rotatable bonds is 4. The summed E-state index contributed by atoms with van der Waals surface area (Å²) in [6, 6.07) is 4.83. The maximum absolute atomic E-state index is 13.8. The van der Waals surface area contributed by atoms with Crippen molar-refractivity contribution in [3.05, 3.63) is 36.5 Å². The van der Waals surface area contributed by atoms with Crippen molar-refractivity contribution in [2.45, 2.75) is 37.4 Å². The average molecular weight is 350 g/mol. The Labute approximate surface area is 140 Å². The van der Waals surface area contributed by atoms with E-state index in [-0.39, 0.29) is 5.03 Å². The van der Waals surface area contributed by atoms with Crippen LogP contribution in [0.3, 0.4) is 0 Å². The van der Waals surface area contributed by atoms with E-state index in [1.165, 1.54) is 29.0 Å². The van der Waals surface area contributed by atoms with Crippen molar-refractivity contribution < 1.29 is 12.8 Å². The van der Waals surface area contributed by atoms with Crippen LogP contribution < -0.4 is 9.21 Å². The molecule has 128 valence electrons. The predicted octanol–water partition coefficient (Wildman–Crippen LogP) is 2.22. The highest BCUT2D eigenvalue weighted by molar-refractivity contribution is 7.92. The fourth-order valence-electron chi connectivity index (χ4n) is 3.27. The Morgan fingerprint density at radius 2 is 2.04 bits per heavy atom. The monoisotopic (exact) mass is 350 g/mol. The van der Waals surface area contributed by atoms with Crippen LogP contribution in [-0.2, 0) is 16.6 Å². The SMILES string of the molecule is CCn1cncc1S(=O)(=O)N1CCN(C2CC2)c2ccc(F)cc21. The third kappa shape index (κ3) is 2.36. The normalized spacial score (nSPS) is 17.9. The van der Waals surface area contributed by atoms with Crippen LogP contribution in [-0.4, -0.2) is 37.1 Å². The van der Waals surface area contributed by atoms with E-state index in [0.717, 1.165) is 18.5 Å². The summed E-state index contributed by atoms with van der Waals surface area (Å²) in [5.41, 5.74) is 1.20. The van der Waals surface area contributed by atoms with Crippen LogP contribution >= 0.6 is 0 Å². The molecule has 1 aromatic carbocycles. The van der Waals surface area contributed by atoms with E-state index >= 15 is 0 Å². The van der Waals surface area contributed by atoms with Gasteiger partial charge in [-0.3, -0.25) is 4.31 Å². The van der Waals surface area contributed by atoms with E-state index in [1.807, 2.05) is 6.92 Å². The molecule has 0 atom stereocenters. The minimum absolute atomic E-state index is 0.139. The van der Waals surface area contributed by atoms with Gasteiger partial charge in [-0.25, -0.2) is 9.37 Å². The van der Waals surface area contributed by atoms with Crippen LogP contribution in [0.25, 0.3) is 0 Å². The number of nitrogens with zero attached hydrogens (tertiary/aromatic N) is 4. The quantitative estimate of drug-likeness (QED) is 0.848. The molecule has 0 bridgehead atoms. The number of halogens is 1. The Hall–Kier alpha value is -2.09. The zero-order chi connectivity index (χ0) is 16.9. The van der Waals surface area contributed by atoms with Gasteiger partial charge in [0.05, 0.1) is 30.4 Å². The lowest BCUT2D eigenvalue weighted by molar-refractivity contribution is 0.570. The molecule has 1 aromatic heterocycles. The minimum Gasteiger partial charge on any atom is -0.365 e. The summed E-state index contributed by atoms with van der Waals surface area (Å²) in [6.45, 7) is 3.29. The number of aryl methyl sites for hydroxylation is 1. The molecule has 0 radical (unpaired) electrons. The van der Waals surface area contributed by atoms with Gasteiger partial charge in [0.2, 0.25) is 0 Å². The number of imidazole rings is 1. The molecule has 8 heteroatoms. The molecule has 0 unspecified atom stereocenters. The summed E-state index contributed by atoms with van der Waals surface area (Å²) in [5, 5.41) is 0.139. The van der Waals surface area contributed by atoms with Crippen LogP contribution in [0.15, 0.2) is 35.7 Å². The van der Waals surface area contributed by atoms with E-state index < -0.39 is 15.8 Å². The Morgan fingerprint density at radius 1 is 1.25 bits per heavy atom. The van der Waals surface area contributed by atoms with Gasteiger partial charge in [-0.05, 0) is 31.9 Å². The van der Waals surface area contributed by atoms with Crippen LogP contribution in [0.1, 0.15) is 19.8 Å². The molecule has 1 aliphatic carbocycles. The minimum atomic E-state index is -3.78. The molecule has 24 heavy (non-hydrogen) atoms. The first-order chi connectivity index (χ1) is 11.5. The Bertz CT molecular complexity index is 876. The van der Waals surface area contributed by atoms with Crippen LogP contribution in [0, 0.1) is 5.82 Å². The first-order valence-corrected chi connectivity index (χ1v) is 9.55. The van der Waals surface area contributed by atoms with Gasteiger partial charge < -0.3 is 9.47 Å². The molecule has 2 aromatic rings. The first-order valence-electron chi connectivity index (χ1n) is 8.11. The van der Waals surface area contributed by atoms with Gasteiger partial charge in [-0.15, -0.1) is 0 Å². The number of fused-ring (bicyclic) bond motifs is 1. The molecule has 0 amide bonds. The summed E-state index contributed by atoms with van der Waals surface area (Å²) >= 11 is 0. The van der Waals surface area contributed by atoms with Crippen molar-refractivity contribution >= 4 is 21.4 Å². The molecular weight excluding hydrogens is 331 g/mol. The lowest BCUT2D eigenvalue weighted by Gasteiger charge is -2.38. The molecule has 1 saturated carbocycles. The summed E-state index contributed by atoms with van der Waals surface area (Å²) in [5.74, 6) is -0.435. The van der Waals surface area contributed by atoms with Gasteiger partial charge in [0.25, 0.3) is 10.0 Å². The number of benzene rings is 1. The second-order valence-electron chi connectivity index (χ2n) is 6.15. The Morgan fingerprint density at radius 3 is 2.75 bits per heavy atom. The number of anilines is 2. The van der Waals surface area contributed by atoms with Crippen LogP contribution in [0.4, 0.5) is 15.8 Å². The fourth-order valence-corrected chi connectivity index (χ4v) is 4.89. The van der Waals surface area contributed by atoms with Crippen molar-refractivity contribution in [2.24, 2.45) is 0 Å². The summed E-state index contributed by atoms with van der Waals surface area (Å²) in [7, 11) is -3.78. The molecule has 2 heterocycles. The van der Waals surface area contributed by atoms with Crippen molar-refractivity contribution in [3.63, 3.8) is 0 Å². The number of hydrogen-bond acceptors (Lipinski definition) is 4. The van der Waals surface area contributed by atoms with Gasteiger partial charge in [0, 0.05) is 25.2 Å². The van der Waals surface area contributed by atoms with Gasteiger partial charge in [-0.1, -0.05) is 0 Å². The number of sulfonamides is 1. The Kier molecular flexibility index (Phi) is 3.52. The van der Waals surface area contributed by atoms with E-state index in [4.69, 9.17) is 0 Å². The van der Waals surface area contributed by atoms with Gasteiger partial charge in [-0.2, -0.15) is 8.42 Å². The summed E-state index contributed by atoms with van der Waals surface area (Å²) < 4.78 is 43.0. The van der Waals surface area contributed by atoms with Crippen molar-refractivity contribution in [1.29, 1.82) is 0 Å². The van der Waals surface area contributed by atoms with Gasteiger partial charge in [0.1, 0.15) is 5.82 Å². The van der Waals surface area contributed by atoms with Crippen molar-refractivity contribution in [2.75, 3.05) is 22.3 Å². The average Bonchev–Trinajstić information content (AvgIpc) is 3.29. The topological polar surface area (TPSA) is 58.4 Å². The number of hydrogen-bond donors (Lipinski definition) is 0. The third-order valence-corrected chi connectivity index (χ3v) is 6.44. The van der Waals surface area contributed by atoms with E-state index in [2.05, 4.69) is 9.88 Å². The largest absolute Gasteiger partial charge is 0.365 e. The van der Waals surface area contributed by atoms with Gasteiger partial charge >= 0.3 is 0 Å².